The van der Waals surface area contributed by atoms with Gasteiger partial charge in [0, 0.05) is 13.1 Å². The van der Waals surface area contributed by atoms with Crippen LogP contribution in [0.15, 0.2) is 30.3 Å². The van der Waals surface area contributed by atoms with E-state index < -0.39 is 0 Å². The van der Waals surface area contributed by atoms with Gasteiger partial charge < -0.3 is 4.90 Å². The van der Waals surface area contributed by atoms with E-state index in [2.05, 4.69) is 49.2 Å². The molecule has 1 aromatic carbocycles. The summed E-state index contributed by atoms with van der Waals surface area (Å²) in [4.78, 5) is 2.39. The van der Waals surface area contributed by atoms with Crippen LogP contribution in [0.25, 0.3) is 5.57 Å². The van der Waals surface area contributed by atoms with Crippen molar-refractivity contribution in [2.75, 3.05) is 20.1 Å². The Kier molecular flexibility index (Phi) is 2.59. The second kappa shape index (κ2) is 3.99. The van der Waals surface area contributed by atoms with Crippen molar-refractivity contribution in [3.8, 4) is 0 Å². The van der Waals surface area contributed by atoms with Crippen LogP contribution in [0, 0.1) is 0 Å². The molecule has 2 aliphatic rings. The molecule has 0 radical (unpaired) electrons. The first-order valence-corrected chi connectivity index (χ1v) is 6.66. The third-order valence-corrected chi connectivity index (χ3v) is 4.29. The van der Waals surface area contributed by atoms with Gasteiger partial charge in [0.05, 0.1) is 0 Å². The van der Waals surface area contributed by atoms with Gasteiger partial charge >= 0.3 is 0 Å². The van der Waals surface area contributed by atoms with Gasteiger partial charge in [0.1, 0.15) is 0 Å². The van der Waals surface area contributed by atoms with Gasteiger partial charge in [-0.05, 0) is 48.4 Å². The van der Waals surface area contributed by atoms with E-state index >= 15 is 0 Å². The summed E-state index contributed by atoms with van der Waals surface area (Å²) in [6.07, 6.45) is 6.30. The SMILES string of the molecule is CN1CCC=C(c2ccc(C3(C)CC3)cc2)C1. The van der Waals surface area contributed by atoms with Crippen molar-refractivity contribution in [3.63, 3.8) is 0 Å². The van der Waals surface area contributed by atoms with Gasteiger partial charge in [-0.25, -0.2) is 0 Å². The van der Waals surface area contributed by atoms with Crippen LogP contribution in [-0.4, -0.2) is 25.0 Å². The Labute approximate surface area is 104 Å². The quantitative estimate of drug-likeness (QED) is 0.748. The lowest BCUT2D eigenvalue weighted by molar-refractivity contribution is 0.373. The van der Waals surface area contributed by atoms with E-state index in [0.29, 0.717) is 5.41 Å². The zero-order valence-electron chi connectivity index (χ0n) is 10.9. The van der Waals surface area contributed by atoms with Crippen molar-refractivity contribution in [3.05, 3.63) is 41.5 Å². The molecule has 0 saturated heterocycles. The molecule has 1 heterocycles. The lowest BCUT2D eigenvalue weighted by Gasteiger charge is -2.23. The lowest BCUT2D eigenvalue weighted by Crippen LogP contribution is -2.24. The minimum absolute atomic E-state index is 0.496. The molecule has 1 fully saturated rings. The van der Waals surface area contributed by atoms with Crippen LogP contribution >= 0.6 is 0 Å². The van der Waals surface area contributed by atoms with Gasteiger partial charge in [-0.1, -0.05) is 37.3 Å². The van der Waals surface area contributed by atoms with Crippen molar-refractivity contribution in [2.24, 2.45) is 0 Å². The average Bonchev–Trinajstić information content (AvgIpc) is 3.09. The lowest BCUT2D eigenvalue weighted by atomic mass is 9.94. The fourth-order valence-corrected chi connectivity index (χ4v) is 2.67. The van der Waals surface area contributed by atoms with Crippen LogP contribution in [0.5, 0.6) is 0 Å². The summed E-state index contributed by atoms with van der Waals surface area (Å²) in [7, 11) is 2.20. The third-order valence-electron chi connectivity index (χ3n) is 4.29. The minimum atomic E-state index is 0.496. The number of hydrogen-bond donors (Lipinski definition) is 0. The molecule has 1 aliphatic carbocycles. The average molecular weight is 227 g/mol. The van der Waals surface area contributed by atoms with Crippen LogP contribution in [0.1, 0.15) is 37.3 Å². The Bertz CT molecular complexity index is 437. The Balaban J connectivity index is 1.82. The van der Waals surface area contributed by atoms with Crippen molar-refractivity contribution < 1.29 is 0 Å². The standard InChI is InChI=1S/C16H21N/c1-16(9-10-16)15-7-5-13(6-8-15)14-4-3-11-17(2)12-14/h4-8H,3,9-12H2,1-2H3. The summed E-state index contributed by atoms with van der Waals surface area (Å²) in [6.45, 7) is 4.66. The molecule has 0 amide bonds. The molecule has 0 aromatic heterocycles. The Morgan fingerprint density at radius 1 is 1.12 bits per heavy atom. The summed E-state index contributed by atoms with van der Waals surface area (Å²) < 4.78 is 0. The summed E-state index contributed by atoms with van der Waals surface area (Å²) in [5.41, 5.74) is 4.91. The molecular weight excluding hydrogens is 206 g/mol. The molecular formula is C16H21N. The molecule has 1 saturated carbocycles. The van der Waals surface area contributed by atoms with Crippen LogP contribution in [-0.2, 0) is 5.41 Å². The zero-order valence-corrected chi connectivity index (χ0v) is 10.9. The zero-order chi connectivity index (χ0) is 11.9. The molecule has 17 heavy (non-hydrogen) atoms. The number of nitrogens with zero attached hydrogens (tertiary/aromatic N) is 1. The monoisotopic (exact) mass is 227 g/mol. The van der Waals surface area contributed by atoms with E-state index in [0.717, 1.165) is 6.54 Å². The fraction of sp³-hybridized carbons (Fsp3) is 0.500. The predicted octanol–water partition coefficient (Wildman–Crippen LogP) is 3.46. The maximum Gasteiger partial charge on any atom is 0.0233 e. The van der Waals surface area contributed by atoms with Crippen molar-refractivity contribution in [2.45, 2.75) is 31.6 Å². The summed E-state index contributed by atoms with van der Waals surface area (Å²) in [6, 6.07) is 9.28. The fourth-order valence-electron chi connectivity index (χ4n) is 2.67. The van der Waals surface area contributed by atoms with Crippen LogP contribution < -0.4 is 0 Å². The Hall–Kier alpha value is -1.08. The number of hydrogen-bond acceptors (Lipinski definition) is 1. The largest absolute Gasteiger partial charge is 0.302 e. The molecule has 0 atom stereocenters. The topological polar surface area (TPSA) is 3.24 Å². The minimum Gasteiger partial charge on any atom is -0.302 e. The first-order valence-electron chi connectivity index (χ1n) is 6.66. The van der Waals surface area contributed by atoms with Crippen molar-refractivity contribution in [1.82, 2.24) is 4.90 Å². The molecule has 0 bridgehead atoms. The van der Waals surface area contributed by atoms with E-state index in [1.807, 2.05) is 0 Å². The van der Waals surface area contributed by atoms with E-state index in [1.54, 1.807) is 0 Å². The van der Waals surface area contributed by atoms with E-state index in [-0.39, 0.29) is 0 Å². The molecule has 1 aliphatic heterocycles. The Morgan fingerprint density at radius 3 is 2.41 bits per heavy atom. The summed E-state index contributed by atoms with van der Waals surface area (Å²) in [5.74, 6) is 0. The Morgan fingerprint density at radius 2 is 1.82 bits per heavy atom. The highest BCUT2D eigenvalue weighted by atomic mass is 15.1. The summed E-state index contributed by atoms with van der Waals surface area (Å²) in [5, 5.41) is 0. The van der Waals surface area contributed by atoms with E-state index in [1.165, 1.54) is 42.5 Å². The van der Waals surface area contributed by atoms with Gasteiger partial charge in [0.2, 0.25) is 0 Å². The molecule has 1 heteroatoms. The molecule has 1 nitrogen and oxygen atoms in total. The van der Waals surface area contributed by atoms with E-state index in [4.69, 9.17) is 0 Å². The normalized spacial score (nSPS) is 23.3. The van der Waals surface area contributed by atoms with Crippen LogP contribution in [0.3, 0.4) is 0 Å². The highest BCUT2D eigenvalue weighted by Crippen LogP contribution is 2.47. The maximum absolute atomic E-state index is 2.40. The van der Waals surface area contributed by atoms with Gasteiger partial charge in [0.25, 0.3) is 0 Å². The van der Waals surface area contributed by atoms with Gasteiger partial charge in [0.15, 0.2) is 0 Å². The second-order valence-corrected chi connectivity index (χ2v) is 5.89. The highest BCUT2D eigenvalue weighted by Gasteiger charge is 2.38. The predicted molar refractivity (Wildman–Crippen MR) is 73.1 cm³/mol. The molecule has 3 rings (SSSR count). The molecule has 0 N–H and O–H groups in total. The van der Waals surface area contributed by atoms with Gasteiger partial charge in [-0.2, -0.15) is 0 Å². The first kappa shape index (κ1) is 11.0. The molecule has 0 spiro atoms. The number of likely N-dealkylation sites (N-methyl/N-ethyl adjacent to an activating group) is 1. The van der Waals surface area contributed by atoms with Crippen LogP contribution in [0.4, 0.5) is 0 Å². The molecule has 0 unspecified atom stereocenters. The molecule has 90 valence electrons. The number of rotatable bonds is 2. The summed E-state index contributed by atoms with van der Waals surface area (Å²) >= 11 is 0. The highest BCUT2D eigenvalue weighted by molar-refractivity contribution is 5.68. The van der Waals surface area contributed by atoms with Crippen molar-refractivity contribution in [1.29, 1.82) is 0 Å². The third kappa shape index (κ3) is 2.16. The van der Waals surface area contributed by atoms with Crippen LogP contribution in [0.2, 0.25) is 0 Å². The van der Waals surface area contributed by atoms with Gasteiger partial charge in [-0.3, -0.25) is 0 Å². The smallest absolute Gasteiger partial charge is 0.0233 e. The number of benzene rings is 1. The van der Waals surface area contributed by atoms with Gasteiger partial charge in [-0.15, -0.1) is 0 Å². The second-order valence-electron chi connectivity index (χ2n) is 5.89. The van der Waals surface area contributed by atoms with Crippen molar-refractivity contribution >= 4 is 5.57 Å². The van der Waals surface area contributed by atoms with E-state index in [9.17, 15) is 0 Å². The molecule has 1 aromatic rings. The first-order chi connectivity index (χ1) is 8.17. The maximum atomic E-state index is 2.40.